The summed E-state index contributed by atoms with van der Waals surface area (Å²) in [5.41, 5.74) is 3.06. The van der Waals surface area contributed by atoms with Crippen LogP contribution in [0.5, 0.6) is 5.75 Å². The van der Waals surface area contributed by atoms with Crippen molar-refractivity contribution in [1.29, 1.82) is 0 Å². The minimum atomic E-state index is 0.550. The lowest BCUT2D eigenvalue weighted by Crippen LogP contribution is -1.89. The van der Waals surface area contributed by atoms with Crippen molar-refractivity contribution >= 4 is 11.8 Å². The maximum absolute atomic E-state index is 5.68. The van der Waals surface area contributed by atoms with E-state index in [1.54, 1.807) is 7.11 Å². The molecule has 3 rings (SSSR count). The molecule has 0 aliphatic rings. The number of rotatable bonds is 6. The van der Waals surface area contributed by atoms with Gasteiger partial charge < -0.3 is 13.7 Å². The van der Waals surface area contributed by atoms with Gasteiger partial charge in [0.25, 0.3) is 5.22 Å². The Bertz CT molecular complexity index is 761. The molecule has 3 aromatic rings. The van der Waals surface area contributed by atoms with Crippen LogP contribution in [0.1, 0.15) is 28.5 Å². The number of ether oxygens (including phenoxy) is 1. The summed E-state index contributed by atoms with van der Waals surface area (Å²) in [6, 6.07) is 7.80. The molecule has 0 atom stereocenters. The molecule has 0 saturated heterocycles. The Morgan fingerprint density at radius 1 is 1.13 bits per heavy atom. The molecular formula is C16H17N3O3S. The molecule has 0 spiro atoms. The van der Waals surface area contributed by atoms with Crippen LogP contribution in [0.4, 0.5) is 0 Å². The molecule has 1 aromatic carbocycles. The highest BCUT2D eigenvalue weighted by molar-refractivity contribution is 7.98. The molecular weight excluding hydrogens is 314 g/mol. The van der Waals surface area contributed by atoms with E-state index in [0.717, 1.165) is 28.3 Å². The van der Waals surface area contributed by atoms with Crippen molar-refractivity contribution in [3.05, 3.63) is 52.7 Å². The van der Waals surface area contributed by atoms with Crippen molar-refractivity contribution in [3.63, 3.8) is 0 Å². The summed E-state index contributed by atoms with van der Waals surface area (Å²) in [6.07, 6.45) is 0.600. The quantitative estimate of drug-likeness (QED) is 0.639. The molecule has 0 saturated carbocycles. The number of aryl methyl sites for hydroxylation is 2. The summed E-state index contributed by atoms with van der Waals surface area (Å²) in [6.45, 7) is 3.83. The highest BCUT2D eigenvalue weighted by atomic mass is 32.2. The molecule has 2 heterocycles. The van der Waals surface area contributed by atoms with Gasteiger partial charge in [-0.15, -0.1) is 10.2 Å². The van der Waals surface area contributed by atoms with Gasteiger partial charge in [0, 0.05) is 11.3 Å². The lowest BCUT2D eigenvalue weighted by Gasteiger charge is -2.00. The van der Waals surface area contributed by atoms with E-state index in [9.17, 15) is 0 Å². The summed E-state index contributed by atoms with van der Waals surface area (Å²) >= 11 is 1.48. The van der Waals surface area contributed by atoms with Crippen LogP contribution in [0.15, 0.2) is 38.4 Å². The molecule has 120 valence electrons. The van der Waals surface area contributed by atoms with Gasteiger partial charge in [0.1, 0.15) is 11.5 Å². The van der Waals surface area contributed by atoms with Gasteiger partial charge in [-0.2, -0.15) is 0 Å². The molecule has 0 radical (unpaired) electrons. The van der Waals surface area contributed by atoms with E-state index < -0.39 is 0 Å². The van der Waals surface area contributed by atoms with Crippen LogP contribution in [0.3, 0.4) is 0 Å². The average Bonchev–Trinajstić information content (AvgIpc) is 3.13. The summed E-state index contributed by atoms with van der Waals surface area (Å²) < 4.78 is 16.0. The Morgan fingerprint density at radius 2 is 1.91 bits per heavy atom. The van der Waals surface area contributed by atoms with E-state index >= 15 is 0 Å². The van der Waals surface area contributed by atoms with E-state index in [0.29, 0.717) is 23.3 Å². The van der Waals surface area contributed by atoms with Crippen LogP contribution < -0.4 is 4.74 Å². The second-order valence-corrected chi connectivity index (χ2v) is 6.00. The van der Waals surface area contributed by atoms with Crippen molar-refractivity contribution in [3.8, 4) is 5.75 Å². The second-order valence-electron chi connectivity index (χ2n) is 5.08. The lowest BCUT2D eigenvalue weighted by atomic mass is 10.1. The van der Waals surface area contributed by atoms with Gasteiger partial charge in [0.15, 0.2) is 0 Å². The first-order chi connectivity index (χ1) is 11.2. The fourth-order valence-corrected chi connectivity index (χ4v) is 3.06. The topological polar surface area (TPSA) is 74.2 Å². The van der Waals surface area contributed by atoms with Gasteiger partial charge in [0.2, 0.25) is 5.89 Å². The number of benzene rings is 1. The average molecular weight is 331 g/mol. The fourth-order valence-electron chi connectivity index (χ4n) is 2.13. The Labute approximate surface area is 138 Å². The summed E-state index contributed by atoms with van der Waals surface area (Å²) in [4.78, 5) is 0. The van der Waals surface area contributed by atoms with Crippen LogP contribution in [0.2, 0.25) is 0 Å². The van der Waals surface area contributed by atoms with E-state index in [1.165, 1.54) is 11.8 Å². The number of hydrogen-bond donors (Lipinski definition) is 0. The van der Waals surface area contributed by atoms with Crippen LogP contribution in [-0.2, 0) is 12.2 Å². The van der Waals surface area contributed by atoms with E-state index in [-0.39, 0.29) is 0 Å². The van der Waals surface area contributed by atoms with Gasteiger partial charge in [-0.3, -0.25) is 0 Å². The Morgan fingerprint density at radius 3 is 2.57 bits per heavy atom. The van der Waals surface area contributed by atoms with Crippen molar-refractivity contribution in [1.82, 2.24) is 15.4 Å². The number of thioether (sulfide) groups is 1. The molecule has 0 amide bonds. The summed E-state index contributed by atoms with van der Waals surface area (Å²) in [5, 5.41) is 12.7. The number of methoxy groups -OCH3 is 1. The zero-order valence-corrected chi connectivity index (χ0v) is 14.0. The van der Waals surface area contributed by atoms with Gasteiger partial charge in [0.05, 0.1) is 19.2 Å². The smallest absolute Gasteiger partial charge is 0.276 e. The predicted octanol–water partition coefficient (Wildman–Crippen LogP) is 3.57. The highest BCUT2D eigenvalue weighted by Crippen LogP contribution is 2.25. The van der Waals surface area contributed by atoms with E-state index in [2.05, 4.69) is 15.4 Å². The number of aromatic nitrogens is 3. The molecule has 0 unspecified atom stereocenters. The molecule has 2 aromatic heterocycles. The minimum absolute atomic E-state index is 0.550. The zero-order chi connectivity index (χ0) is 16.2. The maximum atomic E-state index is 5.68. The third kappa shape index (κ3) is 3.73. The SMILES string of the molecule is COc1ccc(Cc2nnc(SCc3c(C)noc3C)o2)cc1. The number of hydrogen-bond acceptors (Lipinski definition) is 7. The third-order valence-electron chi connectivity index (χ3n) is 3.48. The van der Waals surface area contributed by atoms with Crippen molar-refractivity contribution in [2.75, 3.05) is 7.11 Å². The molecule has 0 N–H and O–H groups in total. The van der Waals surface area contributed by atoms with Crippen LogP contribution in [0.25, 0.3) is 0 Å². The number of nitrogens with zero attached hydrogens (tertiary/aromatic N) is 3. The first-order valence-corrected chi connectivity index (χ1v) is 8.14. The molecule has 0 fully saturated rings. The Kier molecular flexibility index (Phi) is 4.66. The lowest BCUT2D eigenvalue weighted by molar-refractivity contribution is 0.392. The van der Waals surface area contributed by atoms with Gasteiger partial charge in [-0.05, 0) is 31.5 Å². The Hall–Kier alpha value is -2.28. The van der Waals surface area contributed by atoms with Crippen molar-refractivity contribution < 1.29 is 13.7 Å². The van der Waals surface area contributed by atoms with Gasteiger partial charge in [-0.25, -0.2) is 0 Å². The third-order valence-corrected chi connectivity index (χ3v) is 4.33. The normalized spacial score (nSPS) is 10.9. The molecule has 6 nitrogen and oxygen atoms in total. The monoisotopic (exact) mass is 331 g/mol. The standard InChI is InChI=1S/C16H17N3O3S/c1-10-14(11(2)22-19-10)9-23-16-18-17-15(21-16)8-12-4-6-13(20-3)7-5-12/h4-7H,8-9H2,1-3H3. The predicted molar refractivity (Wildman–Crippen MR) is 85.6 cm³/mol. The molecule has 0 aliphatic carbocycles. The van der Waals surface area contributed by atoms with Crippen LogP contribution in [-0.4, -0.2) is 22.5 Å². The van der Waals surface area contributed by atoms with Crippen LogP contribution >= 0.6 is 11.8 Å². The van der Waals surface area contributed by atoms with Crippen molar-refractivity contribution in [2.45, 2.75) is 31.2 Å². The summed E-state index contributed by atoms with van der Waals surface area (Å²) in [5.74, 6) is 2.95. The molecule has 0 bridgehead atoms. The van der Waals surface area contributed by atoms with Gasteiger partial charge >= 0.3 is 0 Å². The first-order valence-electron chi connectivity index (χ1n) is 7.15. The molecule has 7 heteroatoms. The largest absolute Gasteiger partial charge is 0.497 e. The van der Waals surface area contributed by atoms with E-state index in [4.69, 9.17) is 13.7 Å². The fraction of sp³-hybridized carbons (Fsp3) is 0.312. The zero-order valence-electron chi connectivity index (χ0n) is 13.2. The maximum Gasteiger partial charge on any atom is 0.276 e. The molecule has 23 heavy (non-hydrogen) atoms. The minimum Gasteiger partial charge on any atom is -0.497 e. The first kappa shape index (κ1) is 15.6. The summed E-state index contributed by atoms with van der Waals surface area (Å²) in [7, 11) is 1.65. The van der Waals surface area contributed by atoms with E-state index in [1.807, 2.05) is 38.1 Å². The van der Waals surface area contributed by atoms with Crippen molar-refractivity contribution in [2.24, 2.45) is 0 Å². The van der Waals surface area contributed by atoms with Gasteiger partial charge in [-0.1, -0.05) is 29.1 Å². The van der Waals surface area contributed by atoms with Crippen LogP contribution in [0, 0.1) is 13.8 Å². The second kappa shape index (κ2) is 6.87. The highest BCUT2D eigenvalue weighted by Gasteiger charge is 2.13. The Balaban J connectivity index is 1.61. The molecule has 0 aliphatic heterocycles.